The topological polar surface area (TPSA) is 49.5 Å². The monoisotopic (exact) mass is 232 g/mol. The van der Waals surface area contributed by atoms with Crippen molar-refractivity contribution in [2.24, 2.45) is 5.92 Å². The zero-order valence-corrected chi connectivity index (χ0v) is 9.84. The molecule has 0 bridgehead atoms. The number of rotatable bonds is 2. The van der Waals surface area contributed by atoms with Gasteiger partial charge in [-0.25, -0.2) is 4.98 Å². The third-order valence-corrected chi connectivity index (χ3v) is 3.57. The summed E-state index contributed by atoms with van der Waals surface area (Å²) in [5, 5.41) is 10.7. The van der Waals surface area contributed by atoms with E-state index in [0.29, 0.717) is 5.92 Å². The molecule has 4 nitrogen and oxygen atoms in total. The lowest BCUT2D eigenvalue weighted by atomic mass is 10.0. The molecule has 1 aliphatic heterocycles. The van der Waals surface area contributed by atoms with Crippen molar-refractivity contribution < 1.29 is 9.52 Å². The van der Waals surface area contributed by atoms with Crippen molar-refractivity contribution in [3.05, 3.63) is 24.6 Å². The molecule has 2 aromatic heterocycles. The van der Waals surface area contributed by atoms with Crippen molar-refractivity contribution >= 4 is 16.8 Å². The van der Waals surface area contributed by atoms with Gasteiger partial charge < -0.3 is 14.4 Å². The molecule has 0 aliphatic carbocycles. The molecule has 90 valence electrons. The van der Waals surface area contributed by atoms with Gasteiger partial charge in [-0.05, 0) is 25.5 Å². The van der Waals surface area contributed by atoms with E-state index in [-0.39, 0.29) is 6.10 Å². The number of aliphatic hydroxyl groups excluding tert-OH is 1. The molecule has 2 atom stereocenters. The quantitative estimate of drug-likeness (QED) is 0.860. The van der Waals surface area contributed by atoms with Crippen LogP contribution >= 0.6 is 0 Å². The maximum absolute atomic E-state index is 9.62. The Balaban J connectivity index is 1.92. The molecule has 2 unspecified atom stereocenters. The summed E-state index contributed by atoms with van der Waals surface area (Å²) in [4.78, 5) is 6.67. The summed E-state index contributed by atoms with van der Waals surface area (Å²) in [6, 6.07) is 3.83. The van der Waals surface area contributed by atoms with E-state index >= 15 is 0 Å². The fourth-order valence-corrected chi connectivity index (χ4v) is 2.51. The summed E-state index contributed by atoms with van der Waals surface area (Å²) in [5.74, 6) is 1.32. The number of aromatic nitrogens is 1. The Bertz CT molecular complexity index is 521. The average molecular weight is 232 g/mol. The van der Waals surface area contributed by atoms with Crippen LogP contribution in [0.1, 0.15) is 13.3 Å². The van der Waals surface area contributed by atoms with Gasteiger partial charge in [0, 0.05) is 25.2 Å². The highest BCUT2D eigenvalue weighted by molar-refractivity contribution is 5.88. The van der Waals surface area contributed by atoms with Crippen LogP contribution in [0.5, 0.6) is 0 Å². The van der Waals surface area contributed by atoms with Crippen molar-refractivity contribution in [1.82, 2.24) is 4.98 Å². The Morgan fingerprint density at radius 2 is 2.41 bits per heavy atom. The second-order valence-corrected chi connectivity index (χ2v) is 4.70. The molecule has 3 heterocycles. The van der Waals surface area contributed by atoms with Crippen molar-refractivity contribution in [3.8, 4) is 0 Å². The van der Waals surface area contributed by atoms with Crippen LogP contribution in [0.3, 0.4) is 0 Å². The average Bonchev–Trinajstić information content (AvgIpc) is 2.97. The molecule has 3 rings (SSSR count). The first-order chi connectivity index (χ1) is 8.25. The molecule has 0 spiro atoms. The molecule has 2 aromatic rings. The molecule has 1 aliphatic rings. The second kappa shape index (κ2) is 4.04. The highest BCUT2D eigenvalue weighted by Crippen LogP contribution is 2.30. The largest absolute Gasteiger partial charge is 0.464 e. The van der Waals surface area contributed by atoms with E-state index in [4.69, 9.17) is 4.42 Å². The van der Waals surface area contributed by atoms with Gasteiger partial charge in [0.15, 0.2) is 0 Å². The summed E-state index contributed by atoms with van der Waals surface area (Å²) >= 11 is 0. The van der Waals surface area contributed by atoms with E-state index in [1.165, 1.54) is 0 Å². The van der Waals surface area contributed by atoms with Crippen molar-refractivity contribution in [2.45, 2.75) is 19.4 Å². The number of hydrogen-bond donors (Lipinski definition) is 1. The minimum absolute atomic E-state index is 0.247. The van der Waals surface area contributed by atoms with E-state index in [1.54, 1.807) is 12.5 Å². The fraction of sp³-hybridized carbons (Fsp3) is 0.462. The normalized spacial score (nSPS) is 22.2. The van der Waals surface area contributed by atoms with Gasteiger partial charge in [0.2, 0.25) is 0 Å². The molecule has 0 saturated carbocycles. The molecule has 4 heteroatoms. The van der Waals surface area contributed by atoms with E-state index in [0.717, 1.165) is 36.3 Å². The van der Waals surface area contributed by atoms with Gasteiger partial charge in [-0.3, -0.25) is 0 Å². The van der Waals surface area contributed by atoms with Crippen LogP contribution in [-0.4, -0.2) is 29.3 Å². The van der Waals surface area contributed by atoms with Gasteiger partial charge in [-0.15, -0.1) is 0 Å². The number of fused-ring (bicyclic) bond motifs is 1. The summed E-state index contributed by atoms with van der Waals surface area (Å²) < 4.78 is 5.38. The highest BCUT2D eigenvalue weighted by atomic mass is 16.3. The summed E-state index contributed by atoms with van der Waals surface area (Å²) in [5.41, 5.74) is 0.871. The zero-order valence-electron chi connectivity index (χ0n) is 9.84. The molecule has 17 heavy (non-hydrogen) atoms. The van der Waals surface area contributed by atoms with Crippen LogP contribution in [0.15, 0.2) is 29.0 Å². The second-order valence-electron chi connectivity index (χ2n) is 4.70. The Kier molecular flexibility index (Phi) is 2.52. The van der Waals surface area contributed by atoms with Gasteiger partial charge in [0.1, 0.15) is 11.4 Å². The van der Waals surface area contributed by atoms with Crippen molar-refractivity contribution in [3.63, 3.8) is 0 Å². The Morgan fingerprint density at radius 1 is 1.53 bits per heavy atom. The molecule has 1 fully saturated rings. The number of aliphatic hydroxyl groups is 1. The lowest BCUT2D eigenvalue weighted by Gasteiger charge is -2.19. The maximum Gasteiger partial charge on any atom is 0.139 e. The van der Waals surface area contributed by atoms with E-state index in [1.807, 2.05) is 19.1 Å². The smallest absolute Gasteiger partial charge is 0.139 e. The molecule has 0 aromatic carbocycles. The lowest BCUT2D eigenvalue weighted by Crippen LogP contribution is -2.24. The van der Waals surface area contributed by atoms with Crippen LogP contribution in [-0.2, 0) is 0 Å². The minimum atomic E-state index is -0.247. The third-order valence-electron chi connectivity index (χ3n) is 3.57. The molecule has 1 N–H and O–H groups in total. The number of furan rings is 1. The van der Waals surface area contributed by atoms with Crippen LogP contribution in [0, 0.1) is 5.92 Å². The minimum Gasteiger partial charge on any atom is -0.464 e. The molecular weight excluding hydrogens is 216 g/mol. The SMILES string of the molecule is CC(O)C1CCN(c2nccc3occc23)C1. The fourth-order valence-electron chi connectivity index (χ4n) is 2.51. The summed E-state index contributed by atoms with van der Waals surface area (Å²) in [6.07, 6.45) is 4.24. The van der Waals surface area contributed by atoms with Crippen LogP contribution in [0.4, 0.5) is 5.82 Å². The highest BCUT2D eigenvalue weighted by Gasteiger charge is 2.27. The van der Waals surface area contributed by atoms with Crippen LogP contribution in [0.2, 0.25) is 0 Å². The zero-order chi connectivity index (χ0) is 11.8. The number of nitrogens with zero attached hydrogens (tertiary/aromatic N) is 2. The molecule has 0 amide bonds. The standard InChI is InChI=1S/C13H16N2O2/c1-9(16)10-3-6-15(8-10)13-11-4-7-17-12(11)2-5-14-13/h2,4-5,7,9-10,16H,3,6,8H2,1H3. The first-order valence-corrected chi connectivity index (χ1v) is 6.01. The summed E-state index contributed by atoms with van der Waals surface area (Å²) in [7, 11) is 0. The van der Waals surface area contributed by atoms with Gasteiger partial charge in [0.05, 0.1) is 17.8 Å². The van der Waals surface area contributed by atoms with E-state index < -0.39 is 0 Å². The van der Waals surface area contributed by atoms with Gasteiger partial charge in [-0.2, -0.15) is 0 Å². The number of anilines is 1. The molecule has 1 saturated heterocycles. The predicted molar refractivity (Wildman–Crippen MR) is 66.0 cm³/mol. The Labute approximate surface area is 99.9 Å². The lowest BCUT2D eigenvalue weighted by molar-refractivity contribution is 0.136. The van der Waals surface area contributed by atoms with Crippen LogP contribution < -0.4 is 4.90 Å². The van der Waals surface area contributed by atoms with E-state index in [9.17, 15) is 5.11 Å². The van der Waals surface area contributed by atoms with Gasteiger partial charge >= 0.3 is 0 Å². The van der Waals surface area contributed by atoms with Gasteiger partial charge in [-0.1, -0.05) is 0 Å². The summed E-state index contributed by atoms with van der Waals surface area (Å²) in [6.45, 7) is 3.68. The van der Waals surface area contributed by atoms with Crippen molar-refractivity contribution in [1.29, 1.82) is 0 Å². The maximum atomic E-state index is 9.62. The first kappa shape index (κ1) is 10.6. The predicted octanol–water partition coefficient (Wildman–Crippen LogP) is 2.03. The third kappa shape index (κ3) is 1.78. The Morgan fingerprint density at radius 3 is 3.18 bits per heavy atom. The molecular formula is C13H16N2O2. The number of pyridine rings is 1. The van der Waals surface area contributed by atoms with Crippen LogP contribution in [0.25, 0.3) is 11.0 Å². The number of hydrogen-bond acceptors (Lipinski definition) is 4. The Hall–Kier alpha value is -1.55. The first-order valence-electron chi connectivity index (χ1n) is 6.01. The van der Waals surface area contributed by atoms with Gasteiger partial charge in [0.25, 0.3) is 0 Å². The van der Waals surface area contributed by atoms with E-state index in [2.05, 4.69) is 9.88 Å². The van der Waals surface area contributed by atoms with Crippen molar-refractivity contribution in [2.75, 3.05) is 18.0 Å². The molecule has 0 radical (unpaired) electrons.